The quantitative estimate of drug-likeness (QED) is 0.394. The highest BCUT2D eigenvalue weighted by molar-refractivity contribution is 9.09. The van der Waals surface area contributed by atoms with Crippen molar-refractivity contribution in [2.24, 2.45) is 0 Å². The summed E-state index contributed by atoms with van der Waals surface area (Å²) in [6.07, 6.45) is 4.62. The van der Waals surface area contributed by atoms with Crippen LogP contribution in [0.15, 0.2) is 48.5 Å². The number of aliphatic hydroxyl groups excluding tert-OH is 2. The molecule has 5 rings (SSSR count). The second-order valence-corrected chi connectivity index (χ2v) is 10.5. The smallest absolute Gasteiger partial charge is 0.416 e. The van der Waals surface area contributed by atoms with Gasteiger partial charge in [0.15, 0.2) is 0 Å². The van der Waals surface area contributed by atoms with Gasteiger partial charge in [-0.05, 0) is 65.6 Å². The first-order valence-electron chi connectivity index (χ1n) is 11.8. The Balaban J connectivity index is 1.49. The molecule has 188 valence electrons. The fourth-order valence-electron chi connectivity index (χ4n) is 4.64. The third-order valence-electron chi connectivity index (χ3n) is 6.39. The first-order chi connectivity index (χ1) is 17.4. The van der Waals surface area contributed by atoms with Crippen molar-refractivity contribution in [2.75, 3.05) is 19.8 Å². The second-order valence-electron chi connectivity index (χ2n) is 8.85. The Morgan fingerprint density at radius 2 is 1.89 bits per heavy atom. The van der Waals surface area contributed by atoms with Crippen LogP contribution in [0.1, 0.15) is 29.3 Å². The molecule has 1 aliphatic carbocycles. The zero-order valence-electron chi connectivity index (χ0n) is 19.4. The number of nitrogens with zero attached hydrogens (tertiary/aromatic N) is 1. The van der Waals surface area contributed by atoms with Crippen LogP contribution in [0.4, 0.5) is 4.79 Å². The number of halogens is 2. The number of alkyl halides is 1. The molecule has 0 bridgehead atoms. The van der Waals surface area contributed by atoms with Crippen LogP contribution in [0.25, 0.3) is 12.2 Å². The predicted octanol–water partition coefficient (Wildman–Crippen LogP) is 3.27. The largest absolute Gasteiger partial charge is 0.491 e. The van der Waals surface area contributed by atoms with Crippen molar-refractivity contribution >= 4 is 45.8 Å². The maximum atomic E-state index is 13.4. The summed E-state index contributed by atoms with van der Waals surface area (Å²) in [7, 11) is 0. The molecule has 36 heavy (non-hydrogen) atoms. The number of hydrogen-bond acceptors (Lipinski definition) is 5. The lowest BCUT2D eigenvalue weighted by Gasteiger charge is -2.35. The first-order valence-corrected chi connectivity index (χ1v) is 13.0. The molecule has 2 aromatic carbocycles. The molecule has 0 saturated carbocycles. The van der Waals surface area contributed by atoms with Crippen LogP contribution in [0.3, 0.4) is 0 Å². The van der Waals surface area contributed by atoms with E-state index in [1.807, 2.05) is 12.1 Å². The van der Waals surface area contributed by atoms with Crippen molar-refractivity contribution in [3.05, 3.63) is 80.9 Å². The highest BCUT2D eigenvalue weighted by Crippen LogP contribution is 2.34. The number of amides is 1. The molecule has 1 aromatic heterocycles. The van der Waals surface area contributed by atoms with Crippen LogP contribution in [0.2, 0.25) is 5.02 Å². The molecule has 1 amide bonds. The molecule has 3 N–H and O–H groups in total. The molecule has 3 aromatic rings. The summed E-state index contributed by atoms with van der Waals surface area (Å²) in [4.78, 5) is 19.0. The molecule has 2 heterocycles. The summed E-state index contributed by atoms with van der Waals surface area (Å²) in [5.74, 6) is 0.988. The van der Waals surface area contributed by atoms with Crippen LogP contribution < -0.4 is 20.0 Å². The Morgan fingerprint density at radius 3 is 2.61 bits per heavy atom. The van der Waals surface area contributed by atoms with Gasteiger partial charge >= 0.3 is 6.09 Å². The minimum Gasteiger partial charge on any atom is -0.491 e. The maximum absolute atomic E-state index is 13.4. The van der Waals surface area contributed by atoms with Gasteiger partial charge in [-0.2, -0.15) is 0 Å². The first kappa shape index (κ1) is 24.9. The van der Waals surface area contributed by atoms with Gasteiger partial charge in [-0.1, -0.05) is 51.8 Å². The van der Waals surface area contributed by atoms with E-state index in [2.05, 4.69) is 33.1 Å². The average Bonchev–Trinajstić information content (AvgIpc) is 3.26. The van der Waals surface area contributed by atoms with Gasteiger partial charge in [0.25, 0.3) is 0 Å². The number of aliphatic hydroxyl groups is 2. The molecule has 3 atom stereocenters. The van der Waals surface area contributed by atoms with Crippen LogP contribution in [0, 0.1) is 0 Å². The number of benzene rings is 2. The number of aromatic amines is 1. The van der Waals surface area contributed by atoms with E-state index in [-0.39, 0.29) is 24.1 Å². The molecule has 0 radical (unpaired) electrons. The number of carbonyl (C=O) groups excluding carboxylic acids is 1. The molecular formula is C27H26BrClN2O5. The summed E-state index contributed by atoms with van der Waals surface area (Å²) < 4.78 is 11.3. The Hall–Kier alpha value is -2.78. The lowest BCUT2D eigenvalue weighted by molar-refractivity contribution is 0.0536. The Labute approximate surface area is 221 Å². The van der Waals surface area contributed by atoms with Crippen LogP contribution in [-0.4, -0.2) is 56.9 Å². The second kappa shape index (κ2) is 10.7. The van der Waals surface area contributed by atoms with Crippen molar-refractivity contribution < 1.29 is 24.5 Å². The number of rotatable bonds is 6. The van der Waals surface area contributed by atoms with E-state index in [1.165, 1.54) is 10.8 Å². The SMILES string of the molecule is O=C(Oc1ccc(Cl)cc1)N1CCc2c([nH]c3c2=CC(Br)CC=3)[C@@H]1c1ccc(OCC(O)CO)cc1. The fourth-order valence-corrected chi connectivity index (χ4v) is 5.22. The van der Waals surface area contributed by atoms with Gasteiger partial charge in [0.05, 0.1) is 6.61 Å². The van der Waals surface area contributed by atoms with Crippen LogP contribution >= 0.6 is 27.5 Å². The Kier molecular flexibility index (Phi) is 7.39. The summed E-state index contributed by atoms with van der Waals surface area (Å²) >= 11 is 9.68. The maximum Gasteiger partial charge on any atom is 0.416 e. The van der Waals surface area contributed by atoms with Crippen LogP contribution in [-0.2, 0) is 6.42 Å². The predicted molar refractivity (Wildman–Crippen MR) is 141 cm³/mol. The minimum atomic E-state index is -0.945. The van der Waals surface area contributed by atoms with Crippen LogP contribution in [0.5, 0.6) is 11.5 Å². The summed E-state index contributed by atoms with van der Waals surface area (Å²) in [5, 5.41) is 21.4. The van der Waals surface area contributed by atoms with Gasteiger partial charge in [0.2, 0.25) is 0 Å². The normalized spacial score (nSPS) is 19.4. The van der Waals surface area contributed by atoms with Crippen molar-refractivity contribution in [3.63, 3.8) is 0 Å². The molecule has 2 aliphatic rings. The average molecular weight is 574 g/mol. The molecule has 0 saturated heterocycles. The molecule has 2 unspecified atom stereocenters. The monoisotopic (exact) mass is 572 g/mol. The van der Waals surface area contributed by atoms with Gasteiger partial charge in [0, 0.05) is 27.4 Å². The van der Waals surface area contributed by atoms with E-state index in [4.69, 9.17) is 26.2 Å². The molecule has 1 aliphatic heterocycles. The number of ether oxygens (including phenoxy) is 2. The fraction of sp³-hybridized carbons (Fsp3) is 0.296. The highest BCUT2D eigenvalue weighted by atomic mass is 79.9. The lowest BCUT2D eigenvalue weighted by Crippen LogP contribution is -2.43. The summed E-state index contributed by atoms with van der Waals surface area (Å²) in [5.41, 5.74) is 3.07. The summed E-state index contributed by atoms with van der Waals surface area (Å²) in [6, 6.07) is 13.7. The van der Waals surface area contributed by atoms with E-state index in [0.717, 1.165) is 23.0 Å². The molecular weight excluding hydrogens is 548 g/mol. The number of H-pyrrole nitrogens is 1. The van der Waals surface area contributed by atoms with Gasteiger partial charge in [-0.3, -0.25) is 4.90 Å². The number of hydrogen-bond donors (Lipinski definition) is 3. The highest BCUT2D eigenvalue weighted by Gasteiger charge is 2.35. The number of nitrogens with one attached hydrogen (secondary N) is 1. The van der Waals surface area contributed by atoms with Crippen molar-refractivity contribution in [2.45, 2.75) is 29.8 Å². The minimum absolute atomic E-state index is 0.00824. The topological polar surface area (TPSA) is 95.0 Å². The van der Waals surface area contributed by atoms with Gasteiger partial charge in [0.1, 0.15) is 30.3 Å². The van der Waals surface area contributed by atoms with E-state index in [0.29, 0.717) is 29.5 Å². The third kappa shape index (κ3) is 5.18. The van der Waals surface area contributed by atoms with Gasteiger partial charge in [-0.25, -0.2) is 4.79 Å². The van der Waals surface area contributed by atoms with Gasteiger partial charge < -0.3 is 24.7 Å². The van der Waals surface area contributed by atoms with E-state index in [1.54, 1.807) is 41.3 Å². The van der Waals surface area contributed by atoms with E-state index >= 15 is 0 Å². The third-order valence-corrected chi connectivity index (χ3v) is 7.28. The molecule has 0 spiro atoms. The zero-order valence-corrected chi connectivity index (χ0v) is 21.7. The number of fused-ring (bicyclic) bond motifs is 3. The van der Waals surface area contributed by atoms with Crippen molar-refractivity contribution in [3.8, 4) is 11.5 Å². The van der Waals surface area contributed by atoms with Crippen molar-refractivity contribution in [1.29, 1.82) is 0 Å². The Bertz CT molecular complexity index is 1360. The molecule has 9 heteroatoms. The van der Waals surface area contributed by atoms with E-state index in [9.17, 15) is 9.90 Å². The van der Waals surface area contributed by atoms with E-state index < -0.39 is 12.2 Å². The summed E-state index contributed by atoms with van der Waals surface area (Å²) in [6.45, 7) is 0.121. The van der Waals surface area contributed by atoms with Crippen molar-refractivity contribution in [1.82, 2.24) is 9.88 Å². The number of aromatic nitrogens is 1. The molecule has 0 fully saturated rings. The molecule has 7 nitrogen and oxygen atoms in total. The lowest BCUT2D eigenvalue weighted by atomic mass is 9.92. The zero-order chi connectivity index (χ0) is 25.2. The standard InChI is InChI=1S/C27H26BrClN2O5/c28-17-3-10-24-23(13-17)22-11-12-31(27(34)36-21-8-4-18(29)5-9-21)26(25(22)30-24)16-1-6-20(7-2-16)35-15-19(33)14-32/h1-2,4-10,13,17,19,26,30,32-33H,3,11-12,14-15H2/t17?,19?,26-/m0/s1. The number of carbonyl (C=O) groups is 1. The Morgan fingerprint density at radius 1 is 1.17 bits per heavy atom. The van der Waals surface area contributed by atoms with Gasteiger partial charge in [-0.15, -0.1) is 0 Å².